The minimum atomic E-state index is -0.895. The number of nitrogens with zero attached hydrogens (tertiary/aromatic N) is 3. The molecule has 1 aliphatic rings. The van der Waals surface area contributed by atoms with E-state index in [1.807, 2.05) is 31.0 Å². The van der Waals surface area contributed by atoms with Gasteiger partial charge in [0.25, 0.3) is 5.91 Å². The van der Waals surface area contributed by atoms with Gasteiger partial charge in [0, 0.05) is 18.8 Å². The predicted octanol–water partition coefficient (Wildman–Crippen LogP) is 2.95. The first-order chi connectivity index (χ1) is 18.8. The van der Waals surface area contributed by atoms with E-state index in [0.29, 0.717) is 47.3 Å². The molecule has 202 valence electrons. The zero-order valence-corrected chi connectivity index (χ0v) is 21.9. The minimum absolute atomic E-state index is 0.0264. The predicted molar refractivity (Wildman–Crippen MR) is 146 cm³/mol. The lowest BCUT2D eigenvalue weighted by Gasteiger charge is -2.22. The number of methoxy groups -OCH3 is 1. The first-order valence-corrected chi connectivity index (χ1v) is 12.5. The normalized spacial score (nSPS) is 12.6. The fourth-order valence-corrected chi connectivity index (χ4v) is 4.65. The maximum atomic E-state index is 14.4. The van der Waals surface area contributed by atoms with E-state index in [-0.39, 0.29) is 17.2 Å². The van der Waals surface area contributed by atoms with Crippen molar-refractivity contribution >= 4 is 51.7 Å². The Balaban J connectivity index is 1.50. The number of amides is 2. The molecule has 2 aromatic heterocycles. The number of carbonyl (C=O) groups is 2. The standard InChI is InChI=1S/C27H29FN8O3/c1-4-35(2)14-22(37)36-11-9-15-12-21(39-3)19(13-20(15)36)32-27-33-25-16(8-10-30-25)26(34-27)31-18-7-5-6-17(28)23(18)24(29)38/h5-8,10,12-13H,4,9,11,14H2,1-3H3,(H2,29,38)(H3,30,31,32,33,34)/p+1. The number of aromatic amines is 2. The topological polar surface area (TPSA) is 143 Å². The summed E-state index contributed by atoms with van der Waals surface area (Å²) in [5.41, 5.74) is 8.43. The third-order valence-electron chi connectivity index (χ3n) is 6.78. The molecule has 0 atom stereocenters. The maximum Gasteiger partial charge on any atom is 0.351 e. The summed E-state index contributed by atoms with van der Waals surface area (Å²) in [5, 5.41) is 6.98. The number of hydrogen-bond donors (Lipinski definition) is 4. The van der Waals surface area contributed by atoms with Gasteiger partial charge in [-0.3, -0.25) is 24.8 Å². The molecule has 1 aliphatic heterocycles. The average Bonchev–Trinajstić information content (AvgIpc) is 3.55. The number of nitrogens with two attached hydrogens (primary N) is 1. The van der Waals surface area contributed by atoms with Crippen molar-refractivity contribution in [1.29, 1.82) is 0 Å². The molecule has 0 spiro atoms. The van der Waals surface area contributed by atoms with E-state index in [9.17, 15) is 14.0 Å². The van der Waals surface area contributed by atoms with Crippen molar-refractivity contribution in [2.24, 2.45) is 5.73 Å². The second-order valence-electron chi connectivity index (χ2n) is 9.28. The van der Waals surface area contributed by atoms with Crippen molar-refractivity contribution < 1.29 is 23.7 Å². The molecule has 0 unspecified atom stereocenters. The number of H-pyrrole nitrogens is 2. The molecule has 2 amide bonds. The Kier molecular flexibility index (Phi) is 7.03. The highest BCUT2D eigenvalue weighted by atomic mass is 19.1. The Bertz CT molecular complexity index is 1570. The highest BCUT2D eigenvalue weighted by molar-refractivity contribution is 6.01. The van der Waals surface area contributed by atoms with Crippen LogP contribution in [0.15, 0.2) is 42.6 Å². The molecule has 4 aromatic rings. The SMILES string of the molecule is CCN(C)CC(=O)N1CCc2cc(OC)c(Nc3nc(Nc4cccc(F)c4C(N)=O)c4cc[nH]c4[nH+]3)cc21. The summed E-state index contributed by atoms with van der Waals surface area (Å²) in [6, 6.07) is 9.80. The van der Waals surface area contributed by atoms with Gasteiger partial charge < -0.3 is 20.7 Å². The summed E-state index contributed by atoms with van der Waals surface area (Å²) in [7, 11) is 3.49. The quantitative estimate of drug-likeness (QED) is 0.259. The smallest absolute Gasteiger partial charge is 0.351 e. The number of likely N-dealkylation sites (N-methyl/N-ethyl adjacent to an activating group) is 1. The van der Waals surface area contributed by atoms with Crippen molar-refractivity contribution in [2.75, 3.05) is 49.3 Å². The molecule has 12 heteroatoms. The zero-order valence-electron chi connectivity index (χ0n) is 21.9. The molecule has 2 aromatic carbocycles. The van der Waals surface area contributed by atoms with Crippen LogP contribution in [0, 0.1) is 5.82 Å². The Morgan fingerprint density at radius 1 is 1.26 bits per heavy atom. The van der Waals surface area contributed by atoms with E-state index in [2.05, 4.69) is 25.6 Å². The highest BCUT2D eigenvalue weighted by Gasteiger charge is 2.28. The third kappa shape index (κ3) is 5.06. The van der Waals surface area contributed by atoms with E-state index in [0.717, 1.165) is 24.2 Å². The van der Waals surface area contributed by atoms with Gasteiger partial charge in [-0.1, -0.05) is 18.0 Å². The van der Waals surface area contributed by atoms with Crippen LogP contribution in [0.1, 0.15) is 22.8 Å². The number of carbonyl (C=O) groups excluding carboxylic acids is 2. The van der Waals surface area contributed by atoms with Crippen molar-refractivity contribution in [3.8, 4) is 5.75 Å². The van der Waals surface area contributed by atoms with E-state index in [4.69, 9.17) is 10.5 Å². The largest absolute Gasteiger partial charge is 0.493 e. The summed E-state index contributed by atoms with van der Waals surface area (Å²) in [6.07, 6.45) is 2.46. The summed E-state index contributed by atoms with van der Waals surface area (Å²) < 4.78 is 20.0. The van der Waals surface area contributed by atoms with Crippen molar-refractivity contribution in [3.05, 3.63) is 59.5 Å². The number of benzene rings is 2. The Morgan fingerprint density at radius 2 is 2.08 bits per heavy atom. The molecule has 0 saturated heterocycles. The summed E-state index contributed by atoms with van der Waals surface area (Å²) >= 11 is 0. The molecular formula is C27H30FN8O3+. The van der Waals surface area contributed by atoms with Gasteiger partial charge in [0.05, 0.1) is 36.0 Å². The highest BCUT2D eigenvalue weighted by Crippen LogP contribution is 2.38. The van der Waals surface area contributed by atoms with Crippen LogP contribution in [0.3, 0.4) is 0 Å². The zero-order chi connectivity index (χ0) is 27.7. The van der Waals surface area contributed by atoms with Gasteiger partial charge in [-0.15, -0.1) is 0 Å². The van der Waals surface area contributed by atoms with Gasteiger partial charge in [0.15, 0.2) is 5.75 Å². The maximum absolute atomic E-state index is 14.4. The Labute approximate surface area is 224 Å². The Hall–Kier alpha value is -4.71. The molecule has 3 heterocycles. The first-order valence-electron chi connectivity index (χ1n) is 12.5. The fourth-order valence-electron chi connectivity index (χ4n) is 4.65. The van der Waals surface area contributed by atoms with Crippen LogP contribution in [-0.4, -0.2) is 60.5 Å². The van der Waals surface area contributed by atoms with Crippen molar-refractivity contribution in [3.63, 3.8) is 0 Å². The number of nitrogens with one attached hydrogen (secondary N) is 4. The molecule has 0 bridgehead atoms. The van der Waals surface area contributed by atoms with Crippen LogP contribution in [0.25, 0.3) is 11.0 Å². The van der Waals surface area contributed by atoms with Crippen LogP contribution in [0.4, 0.5) is 33.2 Å². The van der Waals surface area contributed by atoms with E-state index < -0.39 is 11.7 Å². The van der Waals surface area contributed by atoms with E-state index >= 15 is 0 Å². The Morgan fingerprint density at radius 3 is 2.82 bits per heavy atom. The monoisotopic (exact) mass is 533 g/mol. The lowest BCUT2D eigenvalue weighted by atomic mass is 10.1. The summed E-state index contributed by atoms with van der Waals surface area (Å²) in [4.78, 5) is 39.6. The van der Waals surface area contributed by atoms with Crippen molar-refractivity contribution in [1.82, 2.24) is 14.9 Å². The molecule has 5 rings (SSSR count). The molecule has 0 radical (unpaired) electrons. The third-order valence-corrected chi connectivity index (χ3v) is 6.78. The van der Waals surface area contributed by atoms with Gasteiger partial charge in [-0.25, -0.2) is 9.37 Å². The van der Waals surface area contributed by atoms with Crippen molar-refractivity contribution in [2.45, 2.75) is 13.3 Å². The lowest BCUT2D eigenvalue weighted by molar-refractivity contribution is -0.333. The van der Waals surface area contributed by atoms with Gasteiger partial charge in [0.2, 0.25) is 17.4 Å². The number of hydrogen-bond acceptors (Lipinski definition) is 7. The second kappa shape index (κ2) is 10.6. The van der Waals surface area contributed by atoms with Crippen LogP contribution in [0.2, 0.25) is 0 Å². The number of rotatable bonds is 9. The average molecular weight is 534 g/mol. The summed E-state index contributed by atoms with van der Waals surface area (Å²) in [6.45, 7) is 3.71. The molecule has 11 nitrogen and oxygen atoms in total. The van der Waals surface area contributed by atoms with E-state index in [1.54, 1.807) is 30.3 Å². The van der Waals surface area contributed by atoms with E-state index in [1.165, 1.54) is 12.1 Å². The van der Waals surface area contributed by atoms with Gasteiger partial charge in [-0.05, 0) is 49.8 Å². The lowest BCUT2D eigenvalue weighted by Crippen LogP contribution is -2.38. The molecule has 0 aliphatic carbocycles. The number of anilines is 5. The van der Waals surface area contributed by atoms with Crippen LogP contribution in [-0.2, 0) is 11.2 Å². The first kappa shape index (κ1) is 25.9. The number of primary amides is 1. The summed E-state index contributed by atoms with van der Waals surface area (Å²) in [5.74, 6) is -0.311. The molecule has 39 heavy (non-hydrogen) atoms. The van der Waals surface area contributed by atoms with Crippen LogP contribution < -0.4 is 31.0 Å². The van der Waals surface area contributed by atoms with Crippen LogP contribution >= 0.6 is 0 Å². The number of fused-ring (bicyclic) bond motifs is 2. The molecule has 0 fully saturated rings. The molecule has 6 N–H and O–H groups in total. The van der Waals surface area contributed by atoms with Gasteiger partial charge in [0.1, 0.15) is 11.5 Å². The number of ether oxygens (including phenoxy) is 1. The number of halogens is 1. The minimum Gasteiger partial charge on any atom is -0.493 e. The molecule has 0 saturated carbocycles. The molecular weight excluding hydrogens is 503 g/mol. The fraction of sp³-hybridized carbons (Fsp3) is 0.259. The van der Waals surface area contributed by atoms with Gasteiger partial charge >= 0.3 is 5.95 Å². The van der Waals surface area contributed by atoms with Crippen LogP contribution in [0.5, 0.6) is 5.75 Å². The number of aromatic nitrogens is 3. The second-order valence-corrected chi connectivity index (χ2v) is 9.28. The van der Waals surface area contributed by atoms with Gasteiger partial charge in [-0.2, -0.15) is 0 Å².